The first-order chi connectivity index (χ1) is 7.72. The first kappa shape index (κ1) is 11.9. The molecular formula is C13H24N2O. The van der Waals surface area contributed by atoms with Crippen molar-refractivity contribution in [1.29, 1.82) is 0 Å². The number of rotatable bonds is 2. The maximum Gasteiger partial charge on any atom is 0.226 e. The first-order valence-electron chi connectivity index (χ1n) is 6.76. The molecule has 92 valence electrons. The number of nitrogens with zero attached hydrogens (tertiary/aromatic N) is 1. The number of hydrogen-bond acceptors (Lipinski definition) is 2. The Kier molecular flexibility index (Phi) is 3.85. The quantitative estimate of drug-likeness (QED) is 0.775. The lowest BCUT2D eigenvalue weighted by molar-refractivity contribution is -0.137. The summed E-state index contributed by atoms with van der Waals surface area (Å²) >= 11 is 0. The van der Waals surface area contributed by atoms with E-state index < -0.39 is 0 Å². The van der Waals surface area contributed by atoms with Crippen LogP contribution in [-0.4, -0.2) is 36.0 Å². The zero-order valence-electron chi connectivity index (χ0n) is 10.5. The summed E-state index contributed by atoms with van der Waals surface area (Å²) in [5, 5.41) is 3.41. The van der Waals surface area contributed by atoms with E-state index in [1.807, 2.05) is 0 Å². The number of amides is 1. The van der Waals surface area contributed by atoms with Gasteiger partial charge < -0.3 is 10.2 Å². The topological polar surface area (TPSA) is 32.3 Å². The number of nitrogens with one attached hydrogen (secondary N) is 1. The van der Waals surface area contributed by atoms with Crippen molar-refractivity contribution in [3.05, 3.63) is 0 Å². The number of piperidine rings is 1. The minimum Gasteiger partial charge on any atom is -0.339 e. The summed E-state index contributed by atoms with van der Waals surface area (Å²) in [6.07, 6.45) is 5.57. The highest BCUT2D eigenvalue weighted by Crippen LogP contribution is 2.26. The van der Waals surface area contributed by atoms with Gasteiger partial charge in [0.1, 0.15) is 0 Å². The fourth-order valence-corrected chi connectivity index (χ4v) is 3.14. The van der Waals surface area contributed by atoms with Crippen molar-refractivity contribution in [2.24, 2.45) is 5.92 Å². The van der Waals surface area contributed by atoms with Crippen LogP contribution in [0, 0.1) is 5.92 Å². The summed E-state index contributed by atoms with van der Waals surface area (Å²) in [7, 11) is 0. The number of carbonyl (C=O) groups excluding carboxylic acids is 1. The molecule has 1 amide bonds. The van der Waals surface area contributed by atoms with E-state index in [0.29, 0.717) is 18.0 Å². The van der Waals surface area contributed by atoms with Gasteiger partial charge in [0.2, 0.25) is 5.91 Å². The van der Waals surface area contributed by atoms with Crippen LogP contribution < -0.4 is 5.32 Å². The van der Waals surface area contributed by atoms with Gasteiger partial charge in [-0.3, -0.25) is 4.79 Å². The number of likely N-dealkylation sites (tertiary alicyclic amines) is 1. The second-order valence-corrected chi connectivity index (χ2v) is 5.31. The molecule has 16 heavy (non-hydrogen) atoms. The molecule has 2 fully saturated rings. The van der Waals surface area contributed by atoms with Crippen LogP contribution in [0.15, 0.2) is 0 Å². The highest BCUT2D eigenvalue weighted by molar-refractivity contribution is 5.79. The van der Waals surface area contributed by atoms with Crippen molar-refractivity contribution >= 4 is 5.91 Å². The molecule has 0 aromatic heterocycles. The minimum absolute atomic E-state index is 0.281. The van der Waals surface area contributed by atoms with Crippen LogP contribution in [0.1, 0.15) is 46.0 Å². The SMILES string of the molecule is CCC1CCCN1C(=O)[C@H]1CCN[C@@H](C)C1. The van der Waals surface area contributed by atoms with Gasteiger partial charge in [-0.05, 0) is 45.6 Å². The van der Waals surface area contributed by atoms with E-state index in [0.717, 1.165) is 32.4 Å². The smallest absolute Gasteiger partial charge is 0.226 e. The third kappa shape index (κ3) is 2.40. The van der Waals surface area contributed by atoms with E-state index in [-0.39, 0.29) is 5.92 Å². The van der Waals surface area contributed by atoms with E-state index in [1.165, 1.54) is 12.8 Å². The molecule has 1 unspecified atom stereocenters. The van der Waals surface area contributed by atoms with Crippen molar-refractivity contribution in [3.63, 3.8) is 0 Å². The Bertz CT molecular complexity index is 254. The molecule has 0 radical (unpaired) electrons. The predicted molar refractivity (Wildman–Crippen MR) is 65.2 cm³/mol. The molecule has 0 saturated carbocycles. The van der Waals surface area contributed by atoms with E-state index in [2.05, 4.69) is 24.1 Å². The standard InChI is InChI=1S/C13H24N2O/c1-3-12-5-4-8-15(12)13(16)11-6-7-14-10(2)9-11/h10-12,14H,3-9H2,1-2H3/t10-,11-,12?/m0/s1. The molecule has 1 N–H and O–H groups in total. The molecule has 2 rings (SSSR count). The van der Waals surface area contributed by atoms with Gasteiger partial charge in [0.25, 0.3) is 0 Å². The molecule has 0 aromatic rings. The third-order valence-corrected chi connectivity index (χ3v) is 4.10. The van der Waals surface area contributed by atoms with Crippen LogP contribution in [0.3, 0.4) is 0 Å². The lowest BCUT2D eigenvalue weighted by Crippen LogP contribution is -2.45. The maximum absolute atomic E-state index is 12.4. The monoisotopic (exact) mass is 224 g/mol. The van der Waals surface area contributed by atoms with Crippen molar-refractivity contribution in [3.8, 4) is 0 Å². The lowest BCUT2D eigenvalue weighted by atomic mass is 9.91. The van der Waals surface area contributed by atoms with Gasteiger partial charge in [-0.1, -0.05) is 6.92 Å². The van der Waals surface area contributed by atoms with E-state index in [9.17, 15) is 4.79 Å². The van der Waals surface area contributed by atoms with Crippen LogP contribution in [-0.2, 0) is 4.79 Å². The molecule has 2 aliphatic rings. The normalized spacial score (nSPS) is 35.4. The van der Waals surface area contributed by atoms with Gasteiger partial charge in [0, 0.05) is 24.5 Å². The van der Waals surface area contributed by atoms with Crippen LogP contribution >= 0.6 is 0 Å². The van der Waals surface area contributed by atoms with Crippen molar-refractivity contribution < 1.29 is 4.79 Å². The zero-order chi connectivity index (χ0) is 11.5. The average molecular weight is 224 g/mol. The third-order valence-electron chi connectivity index (χ3n) is 4.10. The van der Waals surface area contributed by atoms with E-state index >= 15 is 0 Å². The lowest BCUT2D eigenvalue weighted by Gasteiger charge is -2.32. The van der Waals surface area contributed by atoms with Crippen LogP contribution in [0.25, 0.3) is 0 Å². The van der Waals surface area contributed by atoms with Crippen LogP contribution in [0.2, 0.25) is 0 Å². The fourth-order valence-electron chi connectivity index (χ4n) is 3.14. The van der Waals surface area contributed by atoms with E-state index in [1.54, 1.807) is 0 Å². The summed E-state index contributed by atoms with van der Waals surface area (Å²) in [4.78, 5) is 14.6. The molecule has 0 aliphatic carbocycles. The summed E-state index contributed by atoms with van der Waals surface area (Å²) in [6, 6.07) is 1.03. The van der Waals surface area contributed by atoms with Gasteiger partial charge in [-0.15, -0.1) is 0 Å². The number of carbonyl (C=O) groups is 1. The van der Waals surface area contributed by atoms with Crippen LogP contribution in [0.5, 0.6) is 0 Å². The van der Waals surface area contributed by atoms with Gasteiger partial charge >= 0.3 is 0 Å². The Hall–Kier alpha value is -0.570. The van der Waals surface area contributed by atoms with Gasteiger partial charge in [0.15, 0.2) is 0 Å². The molecule has 2 saturated heterocycles. The Balaban J connectivity index is 1.95. The molecule has 3 heteroatoms. The van der Waals surface area contributed by atoms with Gasteiger partial charge in [-0.25, -0.2) is 0 Å². The summed E-state index contributed by atoms with van der Waals surface area (Å²) in [5.41, 5.74) is 0. The molecule has 3 nitrogen and oxygen atoms in total. The summed E-state index contributed by atoms with van der Waals surface area (Å²) in [6.45, 7) is 6.37. The molecule has 2 aliphatic heterocycles. The first-order valence-corrected chi connectivity index (χ1v) is 6.76. The maximum atomic E-state index is 12.4. The molecule has 2 heterocycles. The second-order valence-electron chi connectivity index (χ2n) is 5.31. The Morgan fingerprint density at radius 2 is 2.25 bits per heavy atom. The predicted octanol–water partition coefficient (Wildman–Crippen LogP) is 1.78. The zero-order valence-corrected chi connectivity index (χ0v) is 10.5. The average Bonchev–Trinajstić information content (AvgIpc) is 2.76. The largest absolute Gasteiger partial charge is 0.339 e. The highest BCUT2D eigenvalue weighted by atomic mass is 16.2. The highest BCUT2D eigenvalue weighted by Gasteiger charge is 2.33. The summed E-state index contributed by atoms with van der Waals surface area (Å²) < 4.78 is 0. The molecular weight excluding hydrogens is 200 g/mol. The van der Waals surface area contributed by atoms with Gasteiger partial charge in [-0.2, -0.15) is 0 Å². The number of hydrogen-bond donors (Lipinski definition) is 1. The molecule has 3 atom stereocenters. The van der Waals surface area contributed by atoms with Crippen molar-refractivity contribution in [1.82, 2.24) is 10.2 Å². The Morgan fingerprint density at radius 3 is 2.94 bits per heavy atom. The van der Waals surface area contributed by atoms with Crippen molar-refractivity contribution in [2.75, 3.05) is 13.1 Å². The Labute approximate surface area is 98.6 Å². The summed E-state index contributed by atoms with van der Waals surface area (Å²) in [5.74, 6) is 0.709. The minimum atomic E-state index is 0.281. The molecule has 0 aromatic carbocycles. The Morgan fingerprint density at radius 1 is 1.44 bits per heavy atom. The second kappa shape index (κ2) is 5.17. The fraction of sp³-hybridized carbons (Fsp3) is 0.923. The molecule has 0 bridgehead atoms. The van der Waals surface area contributed by atoms with E-state index in [4.69, 9.17) is 0 Å². The van der Waals surface area contributed by atoms with Gasteiger partial charge in [0.05, 0.1) is 0 Å². The van der Waals surface area contributed by atoms with Crippen LogP contribution in [0.4, 0.5) is 0 Å². The molecule has 0 spiro atoms. The van der Waals surface area contributed by atoms with Crippen molar-refractivity contribution in [2.45, 2.75) is 58.0 Å².